The number of benzene rings is 4. The second kappa shape index (κ2) is 16.4. The van der Waals surface area contributed by atoms with Crippen molar-refractivity contribution in [3.8, 4) is 45.7 Å². The minimum Gasteiger partial charge on any atom is -0.493 e. The Bertz CT molecular complexity index is 2310. The van der Waals surface area contributed by atoms with E-state index in [0.717, 1.165) is 22.2 Å². The molecule has 1 saturated heterocycles. The molecule has 11 nitrogen and oxygen atoms in total. The van der Waals surface area contributed by atoms with Crippen molar-refractivity contribution < 1.29 is 38.1 Å². The molecule has 0 saturated carbocycles. The number of anilines is 1. The fraction of sp³-hybridized carbons (Fsp3) is 0.150. The van der Waals surface area contributed by atoms with Crippen molar-refractivity contribution in [2.75, 3.05) is 32.8 Å². The molecule has 14 heteroatoms. The fourth-order valence-corrected chi connectivity index (χ4v) is 7.18. The maximum Gasteiger partial charge on any atom is 0.338 e. The van der Waals surface area contributed by atoms with Crippen LogP contribution in [-0.4, -0.2) is 61.7 Å². The summed E-state index contributed by atoms with van der Waals surface area (Å²) in [6, 6.07) is 26.8. The first-order valence-corrected chi connectivity index (χ1v) is 17.8. The Balaban J connectivity index is 1.25. The van der Waals surface area contributed by atoms with Crippen molar-refractivity contribution in [3.05, 3.63) is 118 Å². The summed E-state index contributed by atoms with van der Waals surface area (Å²) < 4.78 is 21.8. The van der Waals surface area contributed by atoms with E-state index in [2.05, 4.69) is 6.07 Å². The minimum absolute atomic E-state index is 0.102. The van der Waals surface area contributed by atoms with Crippen LogP contribution in [0.25, 0.3) is 22.4 Å². The zero-order chi connectivity index (χ0) is 38.5. The summed E-state index contributed by atoms with van der Waals surface area (Å²) in [4.78, 5) is 58.2. The van der Waals surface area contributed by atoms with Gasteiger partial charge in [0.2, 0.25) is 17.6 Å². The number of ketones is 1. The average molecular weight is 783 g/mol. The van der Waals surface area contributed by atoms with Crippen molar-refractivity contribution in [2.45, 2.75) is 16.7 Å². The van der Waals surface area contributed by atoms with Gasteiger partial charge in [-0.3, -0.25) is 14.4 Å². The Morgan fingerprint density at radius 3 is 2.13 bits per heavy atom. The molecule has 2 heterocycles. The quantitative estimate of drug-likeness (QED) is 0.0688. The van der Waals surface area contributed by atoms with Crippen LogP contribution in [0.4, 0.5) is 5.69 Å². The van der Waals surface area contributed by atoms with Crippen molar-refractivity contribution in [1.82, 2.24) is 4.98 Å². The van der Waals surface area contributed by atoms with E-state index in [4.69, 9.17) is 47.1 Å². The Kier molecular flexibility index (Phi) is 11.5. The van der Waals surface area contributed by atoms with Crippen LogP contribution in [0.2, 0.25) is 10.0 Å². The number of methoxy groups -OCH3 is 3. The van der Waals surface area contributed by atoms with Crippen molar-refractivity contribution in [2.24, 2.45) is 0 Å². The van der Waals surface area contributed by atoms with E-state index in [1.54, 1.807) is 18.2 Å². The molecule has 1 atom stereocenters. The number of nitriles is 1. The molecule has 0 radical (unpaired) electrons. The van der Waals surface area contributed by atoms with Crippen molar-refractivity contribution in [3.63, 3.8) is 0 Å². The van der Waals surface area contributed by atoms with Gasteiger partial charge in [0.25, 0.3) is 0 Å². The number of aromatic nitrogens is 1. The number of imide groups is 1. The summed E-state index contributed by atoms with van der Waals surface area (Å²) in [5.41, 5.74) is 3.14. The molecular weight excluding hydrogens is 753 g/mol. The monoisotopic (exact) mass is 781 g/mol. The predicted octanol–water partition coefficient (Wildman–Crippen LogP) is 8.08. The zero-order valence-electron chi connectivity index (χ0n) is 28.9. The number of ether oxygens (including phenoxy) is 4. The van der Waals surface area contributed by atoms with Gasteiger partial charge < -0.3 is 18.9 Å². The van der Waals surface area contributed by atoms with Gasteiger partial charge in [0.15, 0.2) is 23.9 Å². The highest BCUT2D eigenvalue weighted by Gasteiger charge is 2.41. The summed E-state index contributed by atoms with van der Waals surface area (Å²) in [5, 5.41) is 10.3. The standard InChI is InChI=1S/C40H29Cl2N3O8S/c1-50-33-16-25(17-34(51-2)37(33)52-3)27-18-31(22-7-5-4-6-8-22)44-38(28(27)20-43)54-35-19-36(47)45(39(35)48)26-12-9-23(10-13-26)40(49)53-21-32(46)24-11-14-29(41)30(42)15-24/h4-18,35H,19,21H2,1-3H3. The Labute approximate surface area is 324 Å². The lowest BCUT2D eigenvalue weighted by atomic mass is 9.98. The molecule has 5 aromatic rings. The number of Topliss-reactive ketones (excluding diaryl/α,β-unsaturated/α-hetero) is 1. The number of carbonyl (C=O) groups is 4. The van der Waals surface area contributed by atoms with Gasteiger partial charge in [-0.05, 0) is 66.2 Å². The normalized spacial score (nSPS) is 13.7. The van der Waals surface area contributed by atoms with Crippen LogP contribution >= 0.6 is 35.0 Å². The van der Waals surface area contributed by atoms with Gasteiger partial charge in [-0.15, -0.1) is 0 Å². The number of pyridine rings is 1. The highest BCUT2D eigenvalue weighted by Crippen LogP contribution is 2.44. The minimum atomic E-state index is -0.909. The van der Waals surface area contributed by atoms with E-state index < -0.39 is 35.4 Å². The summed E-state index contributed by atoms with van der Waals surface area (Å²) in [6.45, 7) is -0.536. The summed E-state index contributed by atoms with van der Waals surface area (Å²) in [6.07, 6.45) is -0.161. The van der Waals surface area contributed by atoms with Gasteiger partial charge in [-0.25, -0.2) is 14.7 Å². The number of hydrogen-bond donors (Lipinski definition) is 0. The van der Waals surface area contributed by atoms with E-state index >= 15 is 0 Å². The number of rotatable bonds is 12. The number of esters is 1. The second-order valence-electron chi connectivity index (χ2n) is 11.7. The van der Waals surface area contributed by atoms with Gasteiger partial charge in [0.1, 0.15) is 11.1 Å². The van der Waals surface area contributed by atoms with Crippen LogP contribution in [0.3, 0.4) is 0 Å². The topological polar surface area (TPSA) is 145 Å². The predicted molar refractivity (Wildman–Crippen MR) is 204 cm³/mol. The molecule has 0 bridgehead atoms. The van der Waals surface area contributed by atoms with Crippen LogP contribution in [-0.2, 0) is 14.3 Å². The highest BCUT2D eigenvalue weighted by atomic mass is 35.5. The molecule has 1 aliphatic rings. The number of thioether (sulfide) groups is 1. The Morgan fingerprint density at radius 1 is 0.852 bits per heavy atom. The maximum atomic E-state index is 13.8. The van der Waals surface area contributed by atoms with Gasteiger partial charge in [0, 0.05) is 23.1 Å². The van der Waals surface area contributed by atoms with Crippen LogP contribution < -0.4 is 19.1 Å². The van der Waals surface area contributed by atoms with Crippen LogP contribution in [0, 0.1) is 11.3 Å². The molecule has 1 unspecified atom stereocenters. The van der Waals surface area contributed by atoms with E-state index in [0.29, 0.717) is 34.1 Å². The van der Waals surface area contributed by atoms with Gasteiger partial charge in [0.05, 0.1) is 59.1 Å². The van der Waals surface area contributed by atoms with Crippen molar-refractivity contribution in [1.29, 1.82) is 5.26 Å². The zero-order valence-corrected chi connectivity index (χ0v) is 31.3. The molecule has 2 amide bonds. The first-order chi connectivity index (χ1) is 26.1. The highest BCUT2D eigenvalue weighted by molar-refractivity contribution is 8.00. The first kappa shape index (κ1) is 37.9. The lowest BCUT2D eigenvalue weighted by Crippen LogP contribution is -2.31. The second-order valence-corrected chi connectivity index (χ2v) is 13.7. The lowest BCUT2D eigenvalue weighted by molar-refractivity contribution is -0.121. The molecule has 0 N–H and O–H groups in total. The third-order valence-electron chi connectivity index (χ3n) is 8.44. The summed E-state index contributed by atoms with van der Waals surface area (Å²) in [7, 11) is 4.48. The third kappa shape index (κ3) is 7.75. The van der Waals surface area contributed by atoms with E-state index in [-0.39, 0.29) is 43.9 Å². The molecule has 4 aromatic carbocycles. The molecule has 0 aliphatic carbocycles. The molecule has 272 valence electrons. The van der Waals surface area contributed by atoms with Crippen LogP contribution in [0.5, 0.6) is 17.2 Å². The maximum absolute atomic E-state index is 13.8. The molecule has 6 rings (SSSR count). The van der Waals surface area contributed by atoms with Crippen molar-refractivity contribution >= 4 is 64.2 Å². The molecule has 1 aromatic heterocycles. The third-order valence-corrected chi connectivity index (χ3v) is 10.4. The largest absolute Gasteiger partial charge is 0.493 e. The SMILES string of the molecule is COc1cc(-c2cc(-c3ccccc3)nc(SC3CC(=O)N(c4ccc(C(=O)OCC(=O)c5ccc(Cl)c(Cl)c5)cc4)C3=O)c2C#N)cc(OC)c1OC. The van der Waals surface area contributed by atoms with Gasteiger partial charge in [-0.2, -0.15) is 5.26 Å². The van der Waals surface area contributed by atoms with E-state index in [1.807, 2.05) is 30.3 Å². The number of carbonyl (C=O) groups excluding carboxylic acids is 4. The van der Waals surface area contributed by atoms with E-state index in [9.17, 15) is 24.4 Å². The fourth-order valence-electron chi connectivity index (χ4n) is 5.75. The molecule has 54 heavy (non-hydrogen) atoms. The van der Waals surface area contributed by atoms with E-state index in [1.165, 1.54) is 63.8 Å². The summed E-state index contributed by atoms with van der Waals surface area (Å²) >= 11 is 12.9. The molecular formula is C40H29Cl2N3O8S. The number of nitrogens with zero attached hydrogens (tertiary/aromatic N) is 3. The Morgan fingerprint density at radius 2 is 1.52 bits per heavy atom. The van der Waals surface area contributed by atoms with Crippen LogP contribution in [0.1, 0.15) is 32.7 Å². The van der Waals surface area contributed by atoms with Crippen LogP contribution in [0.15, 0.2) is 96.0 Å². The molecule has 1 fully saturated rings. The molecule has 0 spiro atoms. The number of halogens is 2. The van der Waals surface area contributed by atoms with Gasteiger partial charge >= 0.3 is 5.97 Å². The average Bonchev–Trinajstić information content (AvgIpc) is 3.48. The first-order valence-electron chi connectivity index (χ1n) is 16.2. The Hall–Kier alpha value is -5.87. The smallest absolute Gasteiger partial charge is 0.338 e. The number of hydrogen-bond acceptors (Lipinski definition) is 11. The number of amides is 2. The van der Waals surface area contributed by atoms with Gasteiger partial charge in [-0.1, -0.05) is 65.3 Å². The molecule has 1 aliphatic heterocycles. The summed E-state index contributed by atoms with van der Waals surface area (Å²) in [5.74, 6) is -1.10. The lowest BCUT2D eigenvalue weighted by Gasteiger charge is -2.18.